The van der Waals surface area contributed by atoms with Gasteiger partial charge in [-0.1, -0.05) is 6.07 Å². The van der Waals surface area contributed by atoms with E-state index in [4.69, 9.17) is 10.5 Å². The van der Waals surface area contributed by atoms with Crippen LogP contribution in [0.5, 0.6) is 5.75 Å². The number of hydrogen-bond donors (Lipinski definition) is 3. The van der Waals surface area contributed by atoms with E-state index in [-0.39, 0.29) is 11.6 Å². The summed E-state index contributed by atoms with van der Waals surface area (Å²) in [5.74, 6) is 0.267. The molecule has 1 aromatic carbocycles. The summed E-state index contributed by atoms with van der Waals surface area (Å²) < 4.78 is 5.52. The number of amides is 1. The van der Waals surface area contributed by atoms with Crippen LogP contribution in [0.3, 0.4) is 0 Å². The minimum Gasteiger partial charge on any atom is -0.492 e. The molecule has 0 aliphatic heterocycles. The minimum atomic E-state index is -0.364. The molecule has 1 amide bonds. The molecule has 6 nitrogen and oxygen atoms in total. The SMILES string of the molecule is CCOc1cc(C)ccc1NC(=O)c1n[nH]c(C)c1N. The molecule has 20 heavy (non-hydrogen) atoms. The Balaban J connectivity index is 2.25. The van der Waals surface area contributed by atoms with Crippen molar-refractivity contribution in [3.05, 3.63) is 35.2 Å². The number of ether oxygens (including phenoxy) is 1. The van der Waals surface area contributed by atoms with Gasteiger partial charge in [-0.05, 0) is 38.5 Å². The zero-order valence-electron chi connectivity index (χ0n) is 11.8. The number of benzene rings is 1. The summed E-state index contributed by atoms with van der Waals surface area (Å²) in [7, 11) is 0. The molecule has 0 saturated carbocycles. The molecule has 1 aromatic heterocycles. The third-order valence-corrected chi connectivity index (χ3v) is 2.89. The molecule has 6 heteroatoms. The largest absolute Gasteiger partial charge is 0.492 e. The van der Waals surface area contributed by atoms with Gasteiger partial charge in [0.25, 0.3) is 5.91 Å². The third-order valence-electron chi connectivity index (χ3n) is 2.89. The molecule has 2 aromatic rings. The van der Waals surface area contributed by atoms with Crippen LogP contribution >= 0.6 is 0 Å². The maximum Gasteiger partial charge on any atom is 0.278 e. The Morgan fingerprint density at radius 2 is 2.20 bits per heavy atom. The van der Waals surface area contributed by atoms with Crippen LogP contribution in [0, 0.1) is 13.8 Å². The highest BCUT2D eigenvalue weighted by Gasteiger charge is 2.17. The Morgan fingerprint density at radius 3 is 2.80 bits per heavy atom. The van der Waals surface area contributed by atoms with E-state index in [0.717, 1.165) is 5.56 Å². The van der Waals surface area contributed by atoms with Gasteiger partial charge < -0.3 is 15.8 Å². The van der Waals surface area contributed by atoms with Gasteiger partial charge in [0.2, 0.25) is 0 Å². The van der Waals surface area contributed by atoms with Crippen molar-refractivity contribution in [2.24, 2.45) is 0 Å². The van der Waals surface area contributed by atoms with Crippen LogP contribution in [0.1, 0.15) is 28.7 Å². The van der Waals surface area contributed by atoms with Gasteiger partial charge in [0, 0.05) is 0 Å². The summed E-state index contributed by atoms with van der Waals surface area (Å²) in [5, 5.41) is 9.35. The van der Waals surface area contributed by atoms with E-state index in [1.54, 1.807) is 13.0 Å². The molecule has 0 saturated heterocycles. The molecule has 0 spiro atoms. The van der Waals surface area contributed by atoms with E-state index in [2.05, 4.69) is 15.5 Å². The van der Waals surface area contributed by atoms with Crippen molar-refractivity contribution >= 4 is 17.3 Å². The van der Waals surface area contributed by atoms with Gasteiger partial charge in [-0.15, -0.1) is 0 Å². The maximum atomic E-state index is 12.2. The number of aryl methyl sites for hydroxylation is 2. The lowest BCUT2D eigenvalue weighted by molar-refractivity contribution is 0.102. The second-order valence-electron chi connectivity index (χ2n) is 4.50. The highest BCUT2D eigenvalue weighted by atomic mass is 16.5. The standard InChI is InChI=1S/C14H18N4O2/c1-4-20-11-7-8(2)5-6-10(11)16-14(19)13-12(15)9(3)17-18-13/h5-7H,4,15H2,1-3H3,(H,16,19)(H,17,18). The molecule has 2 rings (SSSR count). The molecule has 0 atom stereocenters. The van der Waals surface area contributed by atoms with Crippen LogP contribution in [0.4, 0.5) is 11.4 Å². The van der Waals surface area contributed by atoms with Crippen LogP contribution in [-0.2, 0) is 0 Å². The van der Waals surface area contributed by atoms with Gasteiger partial charge in [0.1, 0.15) is 5.75 Å². The Hall–Kier alpha value is -2.50. The van der Waals surface area contributed by atoms with Gasteiger partial charge in [0.15, 0.2) is 5.69 Å². The number of H-pyrrole nitrogens is 1. The minimum absolute atomic E-state index is 0.186. The number of nitrogens with one attached hydrogen (secondary N) is 2. The van der Waals surface area contributed by atoms with Crippen molar-refractivity contribution in [1.82, 2.24) is 10.2 Å². The Kier molecular flexibility index (Phi) is 3.93. The lowest BCUT2D eigenvalue weighted by Gasteiger charge is -2.11. The smallest absolute Gasteiger partial charge is 0.278 e. The van der Waals surface area contributed by atoms with Crippen molar-refractivity contribution in [2.45, 2.75) is 20.8 Å². The number of aromatic amines is 1. The molecule has 0 unspecified atom stereocenters. The average molecular weight is 274 g/mol. The summed E-state index contributed by atoms with van der Waals surface area (Å²) in [6.45, 7) is 6.14. The molecule has 4 N–H and O–H groups in total. The van der Waals surface area contributed by atoms with Gasteiger partial charge in [0.05, 0.1) is 23.7 Å². The zero-order chi connectivity index (χ0) is 14.7. The molecule has 0 aliphatic carbocycles. The number of nitrogens with zero attached hydrogens (tertiary/aromatic N) is 1. The monoisotopic (exact) mass is 274 g/mol. The summed E-state index contributed by atoms with van der Waals surface area (Å²) >= 11 is 0. The van der Waals surface area contributed by atoms with Gasteiger partial charge >= 0.3 is 0 Å². The summed E-state index contributed by atoms with van der Waals surface area (Å²) in [4.78, 5) is 12.2. The Bertz CT molecular complexity index is 634. The van der Waals surface area contributed by atoms with Crippen LogP contribution < -0.4 is 15.8 Å². The van der Waals surface area contributed by atoms with Crippen LogP contribution in [0.25, 0.3) is 0 Å². The van der Waals surface area contributed by atoms with Gasteiger partial charge in [-0.25, -0.2) is 0 Å². The molecule has 106 valence electrons. The first-order valence-corrected chi connectivity index (χ1v) is 6.38. The Labute approximate surface area is 117 Å². The summed E-state index contributed by atoms with van der Waals surface area (Å²) in [6, 6.07) is 5.57. The van der Waals surface area contributed by atoms with Crippen LogP contribution in [0.15, 0.2) is 18.2 Å². The Morgan fingerprint density at radius 1 is 1.45 bits per heavy atom. The number of carbonyl (C=O) groups excluding carboxylic acids is 1. The third kappa shape index (κ3) is 2.74. The molecular formula is C14H18N4O2. The lowest BCUT2D eigenvalue weighted by Crippen LogP contribution is -2.15. The second kappa shape index (κ2) is 5.64. The number of anilines is 2. The predicted molar refractivity (Wildman–Crippen MR) is 78.0 cm³/mol. The second-order valence-corrected chi connectivity index (χ2v) is 4.50. The number of rotatable bonds is 4. The number of nitrogen functional groups attached to an aromatic ring is 1. The molecular weight excluding hydrogens is 256 g/mol. The first-order valence-electron chi connectivity index (χ1n) is 6.38. The van der Waals surface area contributed by atoms with E-state index in [1.807, 2.05) is 26.0 Å². The highest BCUT2D eigenvalue weighted by molar-refractivity contribution is 6.07. The van der Waals surface area contributed by atoms with Crippen LogP contribution in [0.2, 0.25) is 0 Å². The van der Waals surface area contributed by atoms with Crippen molar-refractivity contribution in [1.29, 1.82) is 0 Å². The molecule has 0 bridgehead atoms. The highest BCUT2D eigenvalue weighted by Crippen LogP contribution is 2.26. The van der Waals surface area contributed by atoms with E-state index in [1.165, 1.54) is 0 Å². The quantitative estimate of drug-likeness (QED) is 0.797. The van der Waals surface area contributed by atoms with Gasteiger partial charge in [-0.3, -0.25) is 9.89 Å². The van der Waals surface area contributed by atoms with E-state index >= 15 is 0 Å². The molecule has 0 aliphatic rings. The van der Waals surface area contributed by atoms with Crippen molar-refractivity contribution in [3.63, 3.8) is 0 Å². The van der Waals surface area contributed by atoms with Crippen molar-refractivity contribution in [3.8, 4) is 5.75 Å². The lowest BCUT2D eigenvalue weighted by atomic mass is 10.2. The van der Waals surface area contributed by atoms with Crippen molar-refractivity contribution < 1.29 is 9.53 Å². The first kappa shape index (κ1) is 13.9. The topological polar surface area (TPSA) is 93.0 Å². The fourth-order valence-electron chi connectivity index (χ4n) is 1.80. The van der Waals surface area contributed by atoms with Crippen molar-refractivity contribution in [2.75, 3.05) is 17.7 Å². The summed E-state index contributed by atoms with van der Waals surface area (Å²) in [6.07, 6.45) is 0. The fourth-order valence-corrected chi connectivity index (χ4v) is 1.80. The summed E-state index contributed by atoms with van der Waals surface area (Å²) in [5.41, 5.74) is 8.66. The van der Waals surface area contributed by atoms with E-state index < -0.39 is 0 Å². The molecule has 1 heterocycles. The van der Waals surface area contributed by atoms with E-state index in [0.29, 0.717) is 29.4 Å². The molecule has 0 radical (unpaired) electrons. The fraction of sp³-hybridized carbons (Fsp3) is 0.286. The predicted octanol–water partition coefficient (Wildman–Crippen LogP) is 2.26. The maximum absolute atomic E-state index is 12.2. The first-order chi connectivity index (χ1) is 9.52. The molecule has 0 fully saturated rings. The number of aromatic nitrogens is 2. The average Bonchev–Trinajstić information content (AvgIpc) is 2.74. The number of nitrogens with two attached hydrogens (primary N) is 1. The van der Waals surface area contributed by atoms with Crippen LogP contribution in [-0.4, -0.2) is 22.7 Å². The normalized spacial score (nSPS) is 10.3. The van der Waals surface area contributed by atoms with Gasteiger partial charge in [-0.2, -0.15) is 5.10 Å². The number of hydrogen-bond acceptors (Lipinski definition) is 4. The number of carbonyl (C=O) groups is 1. The van der Waals surface area contributed by atoms with E-state index in [9.17, 15) is 4.79 Å². The zero-order valence-corrected chi connectivity index (χ0v) is 11.8.